The van der Waals surface area contributed by atoms with Crippen LogP contribution >= 0.6 is 11.8 Å². The maximum Gasteiger partial charge on any atom is 0.124 e. The summed E-state index contributed by atoms with van der Waals surface area (Å²) < 4.78 is 5.23. The van der Waals surface area contributed by atoms with Gasteiger partial charge in [-0.2, -0.15) is 11.8 Å². The number of nitrogen functional groups attached to an aromatic ring is 1. The number of hydrogen-bond acceptors (Lipinski definition) is 3. The topological polar surface area (TPSA) is 35.2 Å². The molecule has 0 radical (unpaired) electrons. The van der Waals surface area contributed by atoms with E-state index in [4.69, 9.17) is 10.5 Å². The van der Waals surface area contributed by atoms with E-state index in [1.807, 2.05) is 30.0 Å². The van der Waals surface area contributed by atoms with Crippen molar-refractivity contribution in [2.75, 3.05) is 18.6 Å². The SMILES string of the molecule is CCSCc1ccc(N)cc1OC. The van der Waals surface area contributed by atoms with Crippen LogP contribution in [0.25, 0.3) is 0 Å². The molecule has 0 aliphatic rings. The highest BCUT2D eigenvalue weighted by atomic mass is 32.2. The summed E-state index contributed by atoms with van der Waals surface area (Å²) in [5.41, 5.74) is 7.61. The Bertz CT molecular complexity index is 276. The third-order valence-corrected chi connectivity index (χ3v) is 2.70. The minimum atomic E-state index is 0.752. The zero-order chi connectivity index (χ0) is 9.68. The van der Waals surface area contributed by atoms with E-state index >= 15 is 0 Å². The number of benzene rings is 1. The summed E-state index contributed by atoms with van der Waals surface area (Å²) in [6.45, 7) is 2.15. The Morgan fingerprint density at radius 3 is 2.85 bits per heavy atom. The predicted molar refractivity (Wildman–Crippen MR) is 59.2 cm³/mol. The van der Waals surface area contributed by atoms with Crippen molar-refractivity contribution in [2.24, 2.45) is 0 Å². The van der Waals surface area contributed by atoms with Gasteiger partial charge in [0.05, 0.1) is 7.11 Å². The smallest absolute Gasteiger partial charge is 0.124 e. The van der Waals surface area contributed by atoms with Crippen LogP contribution in [0, 0.1) is 0 Å². The first-order valence-corrected chi connectivity index (χ1v) is 5.43. The number of nitrogens with two attached hydrogens (primary N) is 1. The number of rotatable bonds is 4. The molecule has 0 saturated carbocycles. The van der Waals surface area contributed by atoms with Crippen LogP contribution in [-0.4, -0.2) is 12.9 Å². The van der Waals surface area contributed by atoms with Gasteiger partial charge >= 0.3 is 0 Å². The molecule has 1 aromatic carbocycles. The van der Waals surface area contributed by atoms with Crippen LogP contribution in [0.15, 0.2) is 18.2 Å². The Balaban J connectivity index is 2.79. The normalized spacial score (nSPS) is 10.0. The van der Waals surface area contributed by atoms with Crippen LogP contribution in [0.5, 0.6) is 5.75 Å². The number of anilines is 1. The van der Waals surface area contributed by atoms with Gasteiger partial charge in [-0.25, -0.2) is 0 Å². The molecule has 0 amide bonds. The second-order valence-corrected chi connectivity index (χ2v) is 3.98. The lowest BCUT2D eigenvalue weighted by molar-refractivity contribution is 0.411. The molecule has 1 rings (SSSR count). The van der Waals surface area contributed by atoms with Gasteiger partial charge in [0.15, 0.2) is 0 Å². The van der Waals surface area contributed by atoms with Crippen molar-refractivity contribution in [3.8, 4) is 5.75 Å². The van der Waals surface area contributed by atoms with Crippen molar-refractivity contribution >= 4 is 17.4 Å². The van der Waals surface area contributed by atoms with Gasteiger partial charge in [-0.05, 0) is 11.8 Å². The lowest BCUT2D eigenvalue weighted by Crippen LogP contribution is -1.93. The summed E-state index contributed by atoms with van der Waals surface area (Å²) in [5, 5.41) is 0. The zero-order valence-corrected chi connectivity index (χ0v) is 8.86. The molecule has 0 saturated heterocycles. The molecule has 0 atom stereocenters. The van der Waals surface area contributed by atoms with Gasteiger partial charge in [0.1, 0.15) is 5.75 Å². The molecular weight excluding hydrogens is 182 g/mol. The average Bonchev–Trinajstić information content (AvgIpc) is 2.16. The van der Waals surface area contributed by atoms with Crippen LogP contribution in [0.2, 0.25) is 0 Å². The van der Waals surface area contributed by atoms with Crippen LogP contribution in [0.4, 0.5) is 5.69 Å². The Morgan fingerprint density at radius 1 is 1.46 bits per heavy atom. The van der Waals surface area contributed by atoms with E-state index in [-0.39, 0.29) is 0 Å². The lowest BCUT2D eigenvalue weighted by atomic mass is 10.2. The maximum absolute atomic E-state index is 5.64. The molecule has 0 spiro atoms. The molecule has 0 bridgehead atoms. The van der Waals surface area contributed by atoms with Gasteiger partial charge in [-0.15, -0.1) is 0 Å². The summed E-state index contributed by atoms with van der Waals surface area (Å²) in [6.07, 6.45) is 0. The van der Waals surface area contributed by atoms with Gasteiger partial charge in [-0.1, -0.05) is 13.0 Å². The fraction of sp³-hybridized carbons (Fsp3) is 0.400. The van der Waals surface area contributed by atoms with Crippen molar-refractivity contribution in [3.05, 3.63) is 23.8 Å². The van der Waals surface area contributed by atoms with E-state index in [2.05, 4.69) is 6.92 Å². The molecule has 2 nitrogen and oxygen atoms in total. The summed E-state index contributed by atoms with van der Waals surface area (Å²) in [4.78, 5) is 0. The van der Waals surface area contributed by atoms with Crippen molar-refractivity contribution in [3.63, 3.8) is 0 Å². The predicted octanol–water partition coefficient (Wildman–Crippen LogP) is 2.53. The van der Waals surface area contributed by atoms with Crippen molar-refractivity contribution in [1.82, 2.24) is 0 Å². The summed E-state index contributed by atoms with van der Waals surface area (Å²) >= 11 is 1.88. The minimum absolute atomic E-state index is 0.752. The second kappa shape index (κ2) is 5.02. The fourth-order valence-corrected chi connectivity index (χ4v) is 1.75. The number of thioether (sulfide) groups is 1. The molecule has 3 heteroatoms. The number of hydrogen-bond donors (Lipinski definition) is 1. The monoisotopic (exact) mass is 197 g/mol. The first kappa shape index (κ1) is 10.3. The third-order valence-electron chi connectivity index (χ3n) is 1.77. The Hall–Kier alpha value is -0.830. The number of ether oxygens (including phenoxy) is 1. The van der Waals surface area contributed by atoms with Crippen molar-refractivity contribution in [1.29, 1.82) is 0 Å². The fourth-order valence-electron chi connectivity index (χ4n) is 1.09. The summed E-state index contributed by atoms with van der Waals surface area (Å²) in [5.74, 6) is 2.99. The molecule has 0 heterocycles. The van der Waals surface area contributed by atoms with Crippen molar-refractivity contribution in [2.45, 2.75) is 12.7 Å². The number of methoxy groups -OCH3 is 1. The molecule has 0 aromatic heterocycles. The summed E-state index contributed by atoms with van der Waals surface area (Å²) in [6, 6.07) is 5.80. The Kier molecular flexibility index (Phi) is 3.96. The molecule has 13 heavy (non-hydrogen) atoms. The second-order valence-electron chi connectivity index (χ2n) is 2.71. The molecule has 2 N–H and O–H groups in total. The molecule has 0 aliphatic carbocycles. The Labute approximate surface area is 83.5 Å². The highest BCUT2D eigenvalue weighted by Crippen LogP contribution is 2.25. The first-order chi connectivity index (χ1) is 6.27. The van der Waals surface area contributed by atoms with Gasteiger partial charge < -0.3 is 10.5 Å². The first-order valence-electron chi connectivity index (χ1n) is 4.28. The third kappa shape index (κ3) is 2.84. The summed E-state index contributed by atoms with van der Waals surface area (Å²) in [7, 11) is 1.68. The Morgan fingerprint density at radius 2 is 2.23 bits per heavy atom. The van der Waals surface area contributed by atoms with E-state index in [1.54, 1.807) is 7.11 Å². The van der Waals surface area contributed by atoms with Crippen LogP contribution in [-0.2, 0) is 5.75 Å². The molecule has 72 valence electrons. The van der Waals surface area contributed by atoms with Crippen LogP contribution in [0.1, 0.15) is 12.5 Å². The van der Waals surface area contributed by atoms with E-state index in [0.29, 0.717) is 0 Å². The molecule has 1 aromatic rings. The van der Waals surface area contributed by atoms with E-state index in [0.717, 1.165) is 22.9 Å². The molecule has 0 fully saturated rings. The lowest BCUT2D eigenvalue weighted by Gasteiger charge is -2.08. The van der Waals surface area contributed by atoms with Gasteiger partial charge in [0.25, 0.3) is 0 Å². The average molecular weight is 197 g/mol. The van der Waals surface area contributed by atoms with E-state index in [1.165, 1.54) is 5.56 Å². The quantitative estimate of drug-likeness (QED) is 0.753. The minimum Gasteiger partial charge on any atom is -0.496 e. The molecule has 0 unspecified atom stereocenters. The van der Waals surface area contributed by atoms with E-state index in [9.17, 15) is 0 Å². The highest BCUT2D eigenvalue weighted by Gasteiger charge is 2.02. The van der Waals surface area contributed by atoms with Gasteiger partial charge in [0.2, 0.25) is 0 Å². The van der Waals surface area contributed by atoms with Crippen LogP contribution < -0.4 is 10.5 Å². The molecule has 0 aliphatic heterocycles. The standard InChI is InChI=1S/C10H15NOS/c1-3-13-7-8-4-5-9(11)6-10(8)12-2/h4-6H,3,7,11H2,1-2H3. The van der Waals surface area contributed by atoms with Crippen LogP contribution in [0.3, 0.4) is 0 Å². The zero-order valence-electron chi connectivity index (χ0n) is 8.04. The maximum atomic E-state index is 5.64. The van der Waals surface area contributed by atoms with Gasteiger partial charge in [-0.3, -0.25) is 0 Å². The van der Waals surface area contributed by atoms with Crippen molar-refractivity contribution < 1.29 is 4.74 Å². The largest absolute Gasteiger partial charge is 0.496 e. The van der Waals surface area contributed by atoms with Gasteiger partial charge in [0, 0.05) is 23.1 Å². The highest BCUT2D eigenvalue weighted by molar-refractivity contribution is 7.98. The van der Waals surface area contributed by atoms with E-state index < -0.39 is 0 Å². The molecular formula is C10H15NOS.